The third-order valence-corrected chi connectivity index (χ3v) is 2.64. The number of nitrogens with one attached hydrogen (secondary N) is 1. The van der Waals surface area contributed by atoms with Crippen LogP contribution in [0.2, 0.25) is 0 Å². The summed E-state index contributed by atoms with van der Waals surface area (Å²) in [6.45, 7) is 6.58. The number of hydrogen-bond donors (Lipinski definition) is 2. The van der Waals surface area contributed by atoms with Gasteiger partial charge >= 0.3 is 0 Å². The van der Waals surface area contributed by atoms with E-state index in [4.69, 9.17) is 4.74 Å². The lowest BCUT2D eigenvalue weighted by Crippen LogP contribution is -2.30. The van der Waals surface area contributed by atoms with Crippen LogP contribution >= 0.6 is 0 Å². The third-order valence-electron chi connectivity index (χ3n) is 2.64. The molecular formula is C14H22N2O3. The fourth-order valence-corrected chi connectivity index (χ4v) is 1.85. The lowest BCUT2D eigenvalue weighted by molar-refractivity contribution is 0.0930. The van der Waals surface area contributed by atoms with Gasteiger partial charge in [0.2, 0.25) is 0 Å². The van der Waals surface area contributed by atoms with Crippen LogP contribution in [0.25, 0.3) is 0 Å². The van der Waals surface area contributed by atoms with Crippen LogP contribution < -0.4 is 10.1 Å². The summed E-state index contributed by atoms with van der Waals surface area (Å²) in [4.78, 5) is 16.1. The highest BCUT2D eigenvalue weighted by atomic mass is 16.5. The first-order chi connectivity index (χ1) is 9.04. The number of amides is 1. The second-order valence-corrected chi connectivity index (χ2v) is 4.68. The predicted molar refractivity (Wildman–Crippen MR) is 73.2 cm³/mol. The van der Waals surface area contributed by atoms with Gasteiger partial charge in [-0.1, -0.05) is 6.92 Å². The van der Waals surface area contributed by atoms with Crippen molar-refractivity contribution in [1.82, 2.24) is 10.3 Å². The average molecular weight is 266 g/mol. The highest BCUT2D eigenvalue weighted by Gasteiger charge is 2.15. The van der Waals surface area contributed by atoms with Crippen LogP contribution in [-0.2, 0) is 0 Å². The van der Waals surface area contributed by atoms with Crippen molar-refractivity contribution in [3.63, 3.8) is 0 Å². The lowest BCUT2D eigenvalue weighted by Gasteiger charge is -2.14. The van der Waals surface area contributed by atoms with E-state index in [9.17, 15) is 9.90 Å². The molecule has 1 heterocycles. The SMILES string of the molecule is CCOc1cccnc1C(=O)NCC(C)CC(C)O. The minimum Gasteiger partial charge on any atom is -0.491 e. The summed E-state index contributed by atoms with van der Waals surface area (Å²) in [5.74, 6) is 0.454. The summed E-state index contributed by atoms with van der Waals surface area (Å²) in [7, 11) is 0. The molecule has 5 nitrogen and oxygen atoms in total. The van der Waals surface area contributed by atoms with E-state index in [0.29, 0.717) is 31.0 Å². The Hall–Kier alpha value is -1.62. The van der Waals surface area contributed by atoms with Crippen molar-refractivity contribution >= 4 is 5.91 Å². The summed E-state index contributed by atoms with van der Waals surface area (Å²) in [6, 6.07) is 3.46. The second-order valence-electron chi connectivity index (χ2n) is 4.68. The molecule has 0 aliphatic rings. The Balaban J connectivity index is 2.58. The summed E-state index contributed by atoms with van der Waals surface area (Å²) in [6.07, 6.45) is 1.86. The molecular weight excluding hydrogens is 244 g/mol. The van der Waals surface area contributed by atoms with Crippen molar-refractivity contribution in [1.29, 1.82) is 0 Å². The van der Waals surface area contributed by atoms with Crippen LogP contribution in [0.15, 0.2) is 18.3 Å². The molecule has 1 amide bonds. The molecule has 0 aliphatic carbocycles. The molecule has 0 bridgehead atoms. The number of aromatic nitrogens is 1. The molecule has 1 aromatic heterocycles. The molecule has 2 unspecified atom stereocenters. The molecule has 106 valence electrons. The van der Waals surface area contributed by atoms with Crippen LogP contribution in [0.3, 0.4) is 0 Å². The van der Waals surface area contributed by atoms with Gasteiger partial charge in [-0.2, -0.15) is 0 Å². The number of nitrogens with zero attached hydrogens (tertiary/aromatic N) is 1. The maximum Gasteiger partial charge on any atom is 0.273 e. The Morgan fingerprint density at radius 2 is 2.26 bits per heavy atom. The molecule has 0 saturated heterocycles. The van der Waals surface area contributed by atoms with Crippen LogP contribution in [0.5, 0.6) is 5.75 Å². The first-order valence-electron chi connectivity index (χ1n) is 6.58. The van der Waals surface area contributed by atoms with E-state index in [1.54, 1.807) is 25.3 Å². The molecule has 1 rings (SSSR count). The summed E-state index contributed by atoms with van der Waals surface area (Å²) >= 11 is 0. The molecule has 0 aromatic carbocycles. The smallest absolute Gasteiger partial charge is 0.273 e. The van der Waals surface area contributed by atoms with Gasteiger partial charge in [0.1, 0.15) is 0 Å². The van der Waals surface area contributed by atoms with Gasteiger partial charge in [0.15, 0.2) is 11.4 Å². The number of aliphatic hydroxyl groups excluding tert-OH is 1. The van der Waals surface area contributed by atoms with Gasteiger partial charge in [-0.15, -0.1) is 0 Å². The predicted octanol–water partition coefficient (Wildman–Crippen LogP) is 1.62. The van der Waals surface area contributed by atoms with E-state index < -0.39 is 0 Å². The van der Waals surface area contributed by atoms with Crippen molar-refractivity contribution < 1.29 is 14.6 Å². The normalized spacial score (nSPS) is 13.7. The van der Waals surface area contributed by atoms with Crippen LogP contribution in [-0.4, -0.2) is 35.3 Å². The standard InChI is InChI=1S/C14H22N2O3/c1-4-19-12-6-5-7-15-13(12)14(18)16-9-10(2)8-11(3)17/h5-7,10-11,17H,4,8-9H2,1-3H3,(H,16,18). The molecule has 0 aliphatic heterocycles. The molecule has 1 aromatic rings. The van der Waals surface area contributed by atoms with Gasteiger partial charge in [0.05, 0.1) is 12.7 Å². The molecule has 0 fully saturated rings. The van der Waals surface area contributed by atoms with Crippen molar-refractivity contribution in [3.8, 4) is 5.75 Å². The quantitative estimate of drug-likeness (QED) is 0.786. The second kappa shape index (κ2) is 7.74. The van der Waals surface area contributed by atoms with Crippen molar-refractivity contribution in [2.45, 2.75) is 33.3 Å². The highest BCUT2D eigenvalue weighted by molar-refractivity contribution is 5.94. The Labute approximate surface area is 114 Å². The van der Waals surface area contributed by atoms with E-state index >= 15 is 0 Å². The van der Waals surface area contributed by atoms with E-state index in [1.807, 2.05) is 13.8 Å². The number of carbonyl (C=O) groups excluding carboxylic acids is 1. The molecule has 0 radical (unpaired) electrons. The molecule has 2 N–H and O–H groups in total. The van der Waals surface area contributed by atoms with Gasteiger partial charge in [-0.05, 0) is 38.3 Å². The van der Waals surface area contributed by atoms with Crippen molar-refractivity contribution in [3.05, 3.63) is 24.0 Å². The van der Waals surface area contributed by atoms with Gasteiger partial charge < -0.3 is 15.2 Å². The highest BCUT2D eigenvalue weighted by Crippen LogP contribution is 2.15. The molecule has 0 spiro atoms. The Kier molecular flexibility index (Phi) is 6.29. The minimum absolute atomic E-state index is 0.211. The van der Waals surface area contributed by atoms with Crippen LogP contribution in [0.1, 0.15) is 37.7 Å². The maximum atomic E-state index is 12.0. The topological polar surface area (TPSA) is 71.5 Å². The van der Waals surface area contributed by atoms with E-state index in [2.05, 4.69) is 10.3 Å². The fourth-order valence-electron chi connectivity index (χ4n) is 1.85. The molecule has 5 heteroatoms. The number of rotatable bonds is 7. The van der Waals surface area contributed by atoms with Crippen LogP contribution in [0.4, 0.5) is 0 Å². The summed E-state index contributed by atoms with van der Waals surface area (Å²) in [5, 5.41) is 12.1. The van der Waals surface area contributed by atoms with Crippen molar-refractivity contribution in [2.24, 2.45) is 5.92 Å². The lowest BCUT2D eigenvalue weighted by atomic mass is 10.0. The molecule has 2 atom stereocenters. The fraction of sp³-hybridized carbons (Fsp3) is 0.571. The van der Waals surface area contributed by atoms with E-state index in [0.717, 1.165) is 0 Å². The first-order valence-corrected chi connectivity index (χ1v) is 6.58. The van der Waals surface area contributed by atoms with Gasteiger partial charge in [0.25, 0.3) is 5.91 Å². The molecule has 19 heavy (non-hydrogen) atoms. The average Bonchev–Trinajstić information content (AvgIpc) is 2.36. The number of ether oxygens (including phenoxy) is 1. The Bertz CT molecular complexity index is 407. The van der Waals surface area contributed by atoms with E-state index in [1.165, 1.54) is 0 Å². The number of pyridine rings is 1. The first kappa shape index (κ1) is 15.4. The van der Waals surface area contributed by atoms with Gasteiger partial charge in [0, 0.05) is 12.7 Å². The van der Waals surface area contributed by atoms with E-state index in [-0.39, 0.29) is 17.9 Å². The minimum atomic E-state index is -0.360. The summed E-state index contributed by atoms with van der Waals surface area (Å²) in [5.41, 5.74) is 0.300. The van der Waals surface area contributed by atoms with Crippen molar-refractivity contribution in [2.75, 3.05) is 13.2 Å². The van der Waals surface area contributed by atoms with Gasteiger partial charge in [-0.25, -0.2) is 4.98 Å². The van der Waals surface area contributed by atoms with Gasteiger partial charge in [-0.3, -0.25) is 4.79 Å². The zero-order chi connectivity index (χ0) is 14.3. The number of hydrogen-bond acceptors (Lipinski definition) is 4. The Morgan fingerprint density at radius 1 is 1.53 bits per heavy atom. The maximum absolute atomic E-state index is 12.0. The Morgan fingerprint density at radius 3 is 2.89 bits per heavy atom. The molecule has 0 saturated carbocycles. The zero-order valence-electron chi connectivity index (χ0n) is 11.7. The third kappa shape index (κ3) is 5.26. The largest absolute Gasteiger partial charge is 0.491 e. The number of aliphatic hydroxyl groups is 1. The summed E-state index contributed by atoms with van der Waals surface area (Å²) < 4.78 is 5.37. The monoisotopic (exact) mass is 266 g/mol. The van der Waals surface area contributed by atoms with Crippen LogP contribution in [0, 0.1) is 5.92 Å². The number of carbonyl (C=O) groups is 1. The zero-order valence-corrected chi connectivity index (χ0v) is 11.7.